The van der Waals surface area contributed by atoms with Crippen LogP contribution in [-0.4, -0.2) is 13.2 Å². The molecule has 0 spiro atoms. The molecule has 5 heteroatoms. The van der Waals surface area contributed by atoms with E-state index in [1.165, 1.54) is 0 Å². The second-order valence-corrected chi connectivity index (χ2v) is 5.47. The number of allylic oxidation sites excluding steroid dienone is 2. The van der Waals surface area contributed by atoms with Gasteiger partial charge in [0.1, 0.15) is 5.76 Å². The highest BCUT2D eigenvalue weighted by molar-refractivity contribution is 7.48. The maximum Gasteiger partial charge on any atom is 0.529 e. The van der Waals surface area contributed by atoms with E-state index in [2.05, 4.69) is 6.92 Å². The predicted octanol–water partition coefficient (Wildman–Crippen LogP) is 3.89. The van der Waals surface area contributed by atoms with Crippen molar-refractivity contribution in [1.82, 2.24) is 0 Å². The lowest BCUT2D eigenvalue weighted by atomic mass is 9.97. The molecule has 0 aromatic carbocycles. The summed E-state index contributed by atoms with van der Waals surface area (Å²) in [6.07, 6.45) is 5.04. The Morgan fingerprint density at radius 2 is 2.00 bits per heavy atom. The molecule has 1 atom stereocenters. The average molecular weight is 248 g/mol. The zero-order chi connectivity index (χ0) is 12.0. The van der Waals surface area contributed by atoms with E-state index in [1.54, 1.807) is 13.8 Å². The third-order valence-electron chi connectivity index (χ3n) is 2.36. The Kier molecular flexibility index (Phi) is 5.53. The summed E-state index contributed by atoms with van der Waals surface area (Å²) in [7, 11) is -3.38. The summed E-state index contributed by atoms with van der Waals surface area (Å²) in [5.74, 6) is 1.21. The van der Waals surface area contributed by atoms with Gasteiger partial charge in [-0.1, -0.05) is 6.92 Å². The van der Waals surface area contributed by atoms with Crippen LogP contribution in [0.3, 0.4) is 0 Å². The van der Waals surface area contributed by atoms with Gasteiger partial charge in [-0.25, -0.2) is 4.57 Å². The van der Waals surface area contributed by atoms with Crippen LogP contribution in [-0.2, 0) is 18.1 Å². The fraction of sp³-hybridized carbons (Fsp3) is 0.818. The summed E-state index contributed by atoms with van der Waals surface area (Å²) >= 11 is 0. The fourth-order valence-corrected chi connectivity index (χ4v) is 2.96. The van der Waals surface area contributed by atoms with Crippen molar-refractivity contribution in [2.45, 2.75) is 40.0 Å². The largest absolute Gasteiger partial charge is 0.529 e. The molecule has 1 rings (SSSR count). The van der Waals surface area contributed by atoms with Gasteiger partial charge >= 0.3 is 7.82 Å². The second-order valence-electron chi connectivity index (χ2n) is 3.88. The number of hydrogen-bond acceptors (Lipinski definition) is 4. The van der Waals surface area contributed by atoms with Crippen molar-refractivity contribution in [3.05, 3.63) is 11.8 Å². The summed E-state index contributed by atoms with van der Waals surface area (Å²) in [4.78, 5) is 0. The van der Waals surface area contributed by atoms with Crippen LogP contribution >= 0.6 is 7.82 Å². The lowest BCUT2D eigenvalue weighted by Gasteiger charge is -2.22. The Hall–Kier alpha value is -0.310. The van der Waals surface area contributed by atoms with Gasteiger partial charge < -0.3 is 4.52 Å². The van der Waals surface area contributed by atoms with Crippen LogP contribution in [0.15, 0.2) is 11.8 Å². The van der Waals surface area contributed by atoms with Crippen LogP contribution in [0.2, 0.25) is 0 Å². The fourth-order valence-electron chi connectivity index (χ4n) is 1.71. The molecule has 16 heavy (non-hydrogen) atoms. The first-order chi connectivity index (χ1) is 7.59. The van der Waals surface area contributed by atoms with Gasteiger partial charge in [-0.3, -0.25) is 9.05 Å². The molecular formula is C11H21O4P. The number of hydrogen-bond donors (Lipinski definition) is 0. The Morgan fingerprint density at radius 3 is 2.50 bits per heavy atom. The van der Waals surface area contributed by atoms with Crippen LogP contribution in [0.4, 0.5) is 0 Å². The summed E-state index contributed by atoms with van der Waals surface area (Å²) in [5, 5.41) is 0. The molecule has 0 radical (unpaired) electrons. The quantitative estimate of drug-likeness (QED) is 0.669. The topological polar surface area (TPSA) is 44.8 Å². The standard InChI is InChI=1S/C11H21O4P/c1-4-13-16(12,14-5-2)15-11-8-6-7-10(3)9-11/h9-10H,4-8H2,1-3H3. The molecule has 0 fully saturated rings. The van der Waals surface area contributed by atoms with E-state index in [0.717, 1.165) is 25.0 Å². The molecule has 94 valence electrons. The van der Waals surface area contributed by atoms with Crippen molar-refractivity contribution < 1.29 is 18.1 Å². The maximum atomic E-state index is 12.1. The van der Waals surface area contributed by atoms with Crippen LogP contribution < -0.4 is 0 Å². The number of rotatable bonds is 6. The molecule has 0 amide bonds. The summed E-state index contributed by atoms with van der Waals surface area (Å²) in [6.45, 7) is 6.30. The molecule has 0 aromatic heterocycles. The van der Waals surface area contributed by atoms with E-state index >= 15 is 0 Å². The predicted molar refractivity (Wildman–Crippen MR) is 63.0 cm³/mol. The van der Waals surface area contributed by atoms with Crippen molar-refractivity contribution in [3.63, 3.8) is 0 Å². The molecule has 1 aliphatic carbocycles. The molecular weight excluding hydrogens is 227 g/mol. The van der Waals surface area contributed by atoms with Gasteiger partial charge in [0.05, 0.1) is 13.2 Å². The zero-order valence-electron chi connectivity index (χ0n) is 10.3. The van der Waals surface area contributed by atoms with E-state index in [1.807, 2.05) is 6.08 Å². The van der Waals surface area contributed by atoms with Crippen molar-refractivity contribution in [1.29, 1.82) is 0 Å². The van der Waals surface area contributed by atoms with Crippen molar-refractivity contribution in [3.8, 4) is 0 Å². The Balaban J connectivity index is 2.64. The SMILES string of the molecule is CCOP(=O)(OCC)OC1=CC(C)CCC1. The summed E-state index contributed by atoms with van der Waals surface area (Å²) < 4.78 is 27.6. The molecule has 0 N–H and O–H groups in total. The van der Waals surface area contributed by atoms with Gasteiger partial charge in [-0.05, 0) is 38.7 Å². The van der Waals surface area contributed by atoms with Gasteiger partial charge in [-0.2, -0.15) is 0 Å². The molecule has 0 heterocycles. The third-order valence-corrected chi connectivity index (χ3v) is 3.96. The molecule has 1 aliphatic rings. The van der Waals surface area contributed by atoms with Crippen LogP contribution in [0.5, 0.6) is 0 Å². The first-order valence-corrected chi connectivity index (χ1v) is 7.35. The Morgan fingerprint density at radius 1 is 1.38 bits per heavy atom. The first kappa shape index (κ1) is 13.8. The molecule has 4 nitrogen and oxygen atoms in total. The van der Waals surface area contributed by atoms with Gasteiger partial charge in [-0.15, -0.1) is 0 Å². The molecule has 0 aliphatic heterocycles. The summed E-state index contributed by atoms with van der Waals surface area (Å²) in [5.41, 5.74) is 0. The van der Waals surface area contributed by atoms with Crippen LogP contribution in [0.25, 0.3) is 0 Å². The number of phosphoric acid groups is 1. The summed E-state index contributed by atoms with van der Waals surface area (Å²) in [6, 6.07) is 0. The van der Waals surface area contributed by atoms with E-state index in [4.69, 9.17) is 13.6 Å². The van der Waals surface area contributed by atoms with Gasteiger partial charge in [0.15, 0.2) is 0 Å². The van der Waals surface area contributed by atoms with Crippen molar-refractivity contribution in [2.24, 2.45) is 5.92 Å². The second kappa shape index (κ2) is 6.43. The van der Waals surface area contributed by atoms with E-state index in [9.17, 15) is 4.57 Å². The minimum Gasteiger partial charge on any atom is -0.409 e. The molecule has 0 saturated heterocycles. The van der Waals surface area contributed by atoms with Gasteiger partial charge in [0.25, 0.3) is 0 Å². The third kappa shape index (κ3) is 4.28. The smallest absolute Gasteiger partial charge is 0.409 e. The average Bonchev–Trinajstić information content (AvgIpc) is 2.17. The van der Waals surface area contributed by atoms with E-state index in [-0.39, 0.29) is 0 Å². The molecule has 0 aromatic rings. The number of phosphoric ester groups is 1. The van der Waals surface area contributed by atoms with Gasteiger partial charge in [0, 0.05) is 6.42 Å². The minimum absolute atomic E-state index is 0.320. The normalized spacial score (nSPS) is 21.7. The molecule has 0 bridgehead atoms. The van der Waals surface area contributed by atoms with E-state index < -0.39 is 7.82 Å². The van der Waals surface area contributed by atoms with Gasteiger partial charge in [0.2, 0.25) is 0 Å². The maximum absolute atomic E-state index is 12.1. The lowest BCUT2D eigenvalue weighted by molar-refractivity contribution is 0.141. The zero-order valence-corrected chi connectivity index (χ0v) is 11.2. The highest BCUT2D eigenvalue weighted by Gasteiger charge is 2.29. The molecule has 0 saturated carbocycles. The minimum atomic E-state index is -3.38. The van der Waals surface area contributed by atoms with Crippen molar-refractivity contribution >= 4 is 7.82 Å². The highest BCUT2D eigenvalue weighted by Crippen LogP contribution is 2.52. The highest BCUT2D eigenvalue weighted by atomic mass is 31.2. The van der Waals surface area contributed by atoms with Crippen molar-refractivity contribution in [2.75, 3.05) is 13.2 Å². The van der Waals surface area contributed by atoms with Crippen LogP contribution in [0.1, 0.15) is 40.0 Å². The Bertz CT molecular complexity index is 278. The molecule has 1 unspecified atom stereocenters. The lowest BCUT2D eigenvalue weighted by Crippen LogP contribution is -2.05. The van der Waals surface area contributed by atoms with E-state index in [0.29, 0.717) is 19.1 Å². The monoisotopic (exact) mass is 248 g/mol. The van der Waals surface area contributed by atoms with Crippen LogP contribution in [0, 0.1) is 5.92 Å². The first-order valence-electron chi connectivity index (χ1n) is 5.89. The Labute approximate surface area is 97.6 Å².